The molecule has 0 spiro atoms. The Morgan fingerprint density at radius 2 is 1.77 bits per heavy atom. The van der Waals surface area contributed by atoms with Gasteiger partial charge >= 0.3 is 7.12 Å². The average molecular weight is 183 g/mol. The number of nitriles is 1. The lowest BCUT2D eigenvalue weighted by Crippen LogP contribution is -2.33. The van der Waals surface area contributed by atoms with E-state index < -0.39 is 18.8 Å². The molecule has 1 aromatic rings. The summed E-state index contributed by atoms with van der Waals surface area (Å²) in [4.78, 5) is 0. The maximum atomic E-state index is 12.5. The molecular formula is C7H4BF2NO2. The molecule has 1 aromatic carbocycles. The molecule has 3 nitrogen and oxygen atoms in total. The molecule has 0 saturated carbocycles. The summed E-state index contributed by atoms with van der Waals surface area (Å²) in [5.41, 5.74) is -0.643. The molecular weight excluding hydrogens is 179 g/mol. The summed E-state index contributed by atoms with van der Waals surface area (Å²) < 4.78 is 25.1. The molecule has 0 fully saturated rings. The minimum absolute atomic E-state index is 0.297. The van der Waals surface area contributed by atoms with Gasteiger partial charge in [-0.3, -0.25) is 0 Å². The van der Waals surface area contributed by atoms with Gasteiger partial charge in [0.15, 0.2) is 11.6 Å². The zero-order valence-corrected chi connectivity index (χ0v) is 6.33. The van der Waals surface area contributed by atoms with Gasteiger partial charge in [0.25, 0.3) is 0 Å². The number of benzene rings is 1. The van der Waals surface area contributed by atoms with Gasteiger partial charge in [-0.25, -0.2) is 8.78 Å². The summed E-state index contributed by atoms with van der Waals surface area (Å²) in [6.07, 6.45) is 0. The predicted octanol–water partition coefficient (Wildman–Crippen LogP) is -0.484. The van der Waals surface area contributed by atoms with Crippen LogP contribution in [0.15, 0.2) is 12.1 Å². The van der Waals surface area contributed by atoms with E-state index in [9.17, 15) is 8.78 Å². The Labute approximate surface area is 73.0 Å². The number of nitrogens with zero attached hydrogens (tertiary/aromatic N) is 1. The number of rotatable bonds is 1. The Bertz CT molecular complexity index is 375. The Hall–Kier alpha value is -1.45. The van der Waals surface area contributed by atoms with E-state index in [0.29, 0.717) is 12.1 Å². The fourth-order valence-corrected chi connectivity index (χ4v) is 0.873. The Morgan fingerprint density at radius 3 is 2.23 bits per heavy atom. The quantitative estimate of drug-likeness (QED) is 0.577. The minimum Gasteiger partial charge on any atom is -0.423 e. The second-order valence-electron chi connectivity index (χ2n) is 2.34. The van der Waals surface area contributed by atoms with Crippen molar-refractivity contribution in [2.24, 2.45) is 0 Å². The van der Waals surface area contributed by atoms with Gasteiger partial charge in [-0.15, -0.1) is 0 Å². The van der Waals surface area contributed by atoms with Gasteiger partial charge in [0.1, 0.15) is 0 Å². The molecule has 0 radical (unpaired) electrons. The third-order valence-corrected chi connectivity index (χ3v) is 1.49. The first kappa shape index (κ1) is 9.64. The third kappa shape index (κ3) is 1.83. The minimum atomic E-state index is -1.98. The molecule has 0 saturated heterocycles. The van der Waals surface area contributed by atoms with Crippen LogP contribution in [0.3, 0.4) is 0 Å². The summed E-state index contributed by atoms with van der Waals surface area (Å²) in [7, 11) is -1.98. The van der Waals surface area contributed by atoms with Gasteiger partial charge in [-0.05, 0) is 12.1 Å². The molecule has 13 heavy (non-hydrogen) atoms. The van der Waals surface area contributed by atoms with Crippen LogP contribution in [0.25, 0.3) is 0 Å². The lowest BCUT2D eigenvalue weighted by Gasteiger charge is -2.02. The number of hydrogen-bond acceptors (Lipinski definition) is 3. The van der Waals surface area contributed by atoms with Crippen molar-refractivity contribution in [3.05, 3.63) is 29.3 Å². The lowest BCUT2D eigenvalue weighted by atomic mass is 9.77. The number of hydrogen-bond donors (Lipinski definition) is 2. The molecule has 66 valence electrons. The van der Waals surface area contributed by atoms with Gasteiger partial charge in [-0.2, -0.15) is 5.26 Å². The first-order valence-corrected chi connectivity index (χ1v) is 3.31. The average Bonchev–Trinajstić information content (AvgIpc) is 2.08. The fraction of sp³-hybridized carbons (Fsp3) is 0. The highest BCUT2D eigenvalue weighted by Gasteiger charge is 2.19. The zero-order valence-electron chi connectivity index (χ0n) is 6.33. The van der Waals surface area contributed by atoms with Crippen LogP contribution in [0, 0.1) is 23.0 Å². The maximum Gasteiger partial charge on any atom is 0.489 e. The van der Waals surface area contributed by atoms with Crippen LogP contribution in [-0.2, 0) is 0 Å². The van der Waals surface area contributed by atoms with Crippen molar-refractivity contribution in [3.8, 4) is 6.07 Å². The predicted molar refractivity (Wildman–Crippen MR) is 40.9 cm³/mol. The summed E-state index contributed by atoms with van der Waals surface area (Å²) in [5, 5.41) is 25.8. The number of halogens is 2. The molecule has 0 aliphatic carbocycles. The summed E-state index contributed by atoms with van der Waals surface area (Å²) >= 11 is 0. The van der Waals surface area contributed by atoms with E-state index in [1.165, 1.54) is 6.07 Å². The van der Waals surface area contributed by atoms with Crippen molar-refractivity contribution >= 4 is 12.6 Å². The van der Waals surface area contributed by atoms with E-state index in [4.69, 9.17) is 15.3 Å². The highest BCUT2D eigenvalue weighted by atomic mass is 19.2. The van der Waals surface area contributed by atoms with Gasteiger partial charge in [-0.1, -0.05) is 0 Å². The molecule has 1 rings (SSSR count). The van der Waals surface area contributed by atoms with E-state index in [0.717, 1.165) is 0 Å². The van der Waals surface area contributed by atoms with Crippen molar-refractivity contribution in [3.63, 3.8) is 0 Å². The monoisotopic (exact) mass is 183 g/mol. The molecule has 6 heteroatoms. The van der Waals surface area contributed by atoms with Crippen LogP contribution in [0.4, 0.5) is 8.78 Å². The van der Waals surface area contributed by atoms with Crippen molar-refractivity contribution in [2.75, 3.05) is 0 Å². The lowest BCUT2D eigenvalue weighted by molar-refractivity contribution is 0.424. The van der Waals surface area contributed by atoms with Crippen LogP contribution < -0.4 is 5.46 Å². The first-order chi connectivity index (χ1) is 6.06. The van der Waals surface area contributed by atoms with Crippen LogP contribution in [0.5, 0.6) is 0 Å². The van der Waals surface area contributed by atoms with E-state index in [1.54, 1.807) is 0 Å². The summed E-state index contributed by atoms with van der Waals surface area (Å²) in [6, 6.07) is 2.72. The van der Waals surface area contributed by atoms with Crippen molar-refractivity contribution in [2.45, 2.75) is 0 Å². The normalized spacial score (nSPS) is 9.46. The largest absolute Gasteiger partial charge is 0.489 e. The highest BCUT2D eigenvalue weighted by molar-refractivity contribution is 6.59. The fourth-order valence-electron chi connectivity index (χ4n) is 0.873. The molecule has 0 aliphatic rings. The van der Waals surface area contributed by atoms with Crippen LogP contribution in [0.2, 0.25) is 0 Å². The summed E-state index contributed by atoms with van der Waals surface area (Å²) in [6.45, 7) is 0. The SMILES string of the molecule is N#Cc1cc(F)c(F)cc1B(O)O. The Kier molecular flexibility index (Phi) is 2.61. The van der Waals surface area contributed by atoms with Gasteiger partial charge in [0, 0.05) is 5.46 Å². The Morgan fingerprint density at radius 1 is 1.23 bits per heavy atom. The molecule has 0 amide bonds. The van der Waals surface area contributed by atoms with Crippen LogP contribution in [0.1, 0.15) is 5.56 Å². The van der Waals surface area contributed by atoms with Gasteiger partial charge < -0.3 is 10.0 Å². The van der Waals surface area contributed by atoms with Crippen LogP contribution in [-0.4, -0.2) is 17.2 Å². The molecule has 0 unspecified atom stereocenters. The third-order valence-electron chi connectivity index (χ3n) is 1.49. The van der Waals surface area contributed by atoms with Gasteiger partial charge in [0.05, 0.1) is 11.6 Å². The van der Waals surface area contributed by atoms with E-state index in [2.05, 4.69) is 0 Å². The standard InChI is InChI=1S/C7H4BF2NO2/c9-6-1-4(3-11)5(8(12)13)2-7(6)10/h1-2,12-13H. The van der Waals surface area contributed by atoms with Crippen molar-refractivity contribution < 1.29 is 18.8 Å². The van der Waals surface area contributed by atoms with Crippen LogP contribution >= 0.6 is 0 Å². The molecule has 0 aromatic heterocycles. The summed E-state index contributed by atoms with van der Waals surface area (Å²) in [5.74, 6) is -2.41. The topological polar surface area (TPSA) is 64.2 Å². The zero-order chi connectivity index (χ0) is 10.0. The van der Waals surface area contributed by atoms with Crippen molar-refractivity contribution in [1.82, 2.24) is 0 Å². The Balaban J connectivity index is 3.35. The molecule has 0 aliphatic heterocycles. The smallest absolute Gasteiger partial charge is 0.423 e. The maximum absolute atomic E-state index is 12.5. The molecule has 0 bridgehead atoms. The van der Waals surface area contributed by atoms with E-state index >= 15 is 0 Å². The highest BCUT2D eigenvalue weighted by Crippen LogP contribution is 2.06. The van der Waals surface area contributed by atoms with E-state index in [-0.39, 0.29) is 11.0 Å². The second-order valence-corrected chi connectivity index (χ2v) is 2.34. The van der Waals surface area contributed by atoms with E-state index in [1.807, 2.05) is 0 Å². The van der Waals surface area contributed by atoms with Crippen molar-refractivity contribution in [1.29, 1.82) is 5.26 Å². The molecule has 0 heterocycles. The molecule has 0 atom stereocenters. The second kappa shape index (κ2) is 3.52. The van der Waals surface area contributed by atoms with Gasteiger partial charge in [0.2, 0.25) is 0 Å². The molecule has 2 N–H and O–H groups in total. The first-order valence-electron chi connectivity index (χ1n) is 3.31.